The minimum absolute atomic E-state index is 0.0431. The molecular formula is C15H17ClN2O2. The third-order valence-corrected chi connectivity index (χ3v) is 3.46. The highest BCUT2D eigenvalue weighted by atomic mass is 35.5. The molecule has 1 aromatic heterocycles. The van der Waals surface area contributed by atoms with E-state index in [4.69, 9.17) is 16.0 Å². The number of carbonyl (C=O) groups is 1. The Kier molecular flexibility index (Phi) is 4.79. The van der Waals surface area contributed by atoms with Gasteiger partial charge in [0.15, 0.2) is 0 Å². The fourth-order valence-electron chi connectivity index (χ4n) is 1.83. The van der Waals surface area contributed by atoms with Crippen molar-refractivity contribution < 1.29 is 9.21 Å². The molecule has 106 valence electrons. The van der Waals surface area contributed by atoms with Crippen LogP contribution in [0.2, 0.25) is 5.02 Å². The highest BCUT2D eigenvalue weighted by Gasteiger charge is 2.08. The van der Waals surface area contributed by atoms with E-state index < -0.39 is 0 Å². The normalized spacial score (nSPS) is 10.6. The number of oxazole rings is 1. The van der Waals surface area contributed by atoms with Gasteiger partial charge in [0.1, 0.15) is 5.76 Å². The number of hydrogen-bond acceptors (Lipinski definition) is 3. The molecule has 0 aliphatic carbocycles. The summed E-state index contributed by atoms with van der Waals surface area (Å²) < 4.78 is 5.40. The van der Waals surface area contributed by atoms with E-state index in [0.29, 0.717) is 30.3 Å². The van der Waals surface area contributed by atoms with Gasteiger partial charge in [0.2, 0.25) is 11.8 Å². The lowest BCUT2D eigenvalue weighted by atomic mass is 10.1. The van der Waals surface area contributed by atoms with Crippen molar-refractivity contribution in [2.45, 2.75) is 33.2 Å². The summed E-state index contributed by atoms with van der Waals surface area (Å²) in [7, 11) is 0. The average Bonchev–Trinajstić information content (AvgIpc) is 2.75. The lowest BCUT2D eigenvalue weighted by Crippen LogP contribution is -2.23. The zero-order valence-corrected chi connectivity index (χ0v) is 12.3. The monoisotopic (exact) mass is 292 g/mol. The quantitative estimate of drug-likeness (QED) is 0.921. The van der Waals surface area contributed by atoms with Gasteiger partial charge in [-0.2, -0.15) is 0 Å². The predicted molar refractivity (Wildman–Crippen MR) is 77.6 cm³/mol. The number of nitrogens with zero attached hydrogens (tertiary/aromatic N) is 1. The van der Waals surface area contributed by atoms with Crippen molar-refractivity contribution >= 4 is 17.5 Å². The molecule has 0 atom stereocenters. The van der Waals surface area contributed by atoms with Crippen LogP contribution in [0.3, 0.4) is 0 Å². The molecule has 0 unspecified atom stereocenters. The highest BCUT2D eigenvalue weighted by Crippen LogP contribution is 2.16. The van der Waals surface area contributed by atoms with E-state index in [1.807, 2.05) is 38.1 Å². The standard InChI is InChI=1S/C15H17ClN2O2/c1-10-11(2)20-15(18-10)9-17-14(19)8-7-12-5-3-4-6-13(12)16/h3-6H,7-9H2,1-2H3,(H,17,19). The van der Waals surface area contributed by atoms with Crippen LogP contribution in [-0.4, -0.2) is 10.9 Å². The van der Waals surface area contributed by atoms with Crippen LogP contribution in [0.4, 0.5) is 0 Å². The fraction of sp³-hybridized carbons (Fsp3) is 0.333. The van der Waals surface area contributed by atoms with Crippen molar-refractivity contribution in [3.8, 4) is 0 Å². The molecule has 1 N–H and O–H groups in total. The molecule has 1 amide bonds. The number of rotatable bonds is 5. The summed E-state index contributed by atoms with van der Waals surface area (Å²) in [4.78, 5) is 16.0. The zero-order chi connectivity index (χ0) is 14.5. The molecule has 0 aliphatic rings. The number of amides is 1. The first-order valence-corrected chi connectivity index (χ1v) is 6.87. The molecule has 0 fully saturated rings. The van der Waals surface area contributed by atoms with Gasteiger partial charge >= 0.3 is 0 Å². The Balaban J connectivity index is 1.80. The molecule has 2 rings (SSSR count). The summed E-state index contributed by atoms with van der Waals surface area (Å²) in [6.45, 7) is 4.04. The minimum Gasteiger partial charge on any atom is -0.444 e. The lowest BCUT2D eigenvalue weighted by Gasteiger charge is -2.04. The van der Waals surface area contributed by atoms with Gasteiger partial charge in [-0.05, 0) is 31.9 Å². The molecule has 0 radical (unpaired) electrons. The van der Waals surface area contributed by atoms with Crippen molar-refractivity contribution in [3.63, 3.8) is 0 Å². The second kappa shape index (κ2) is 6.57. The van der Waals surface area contributed by atoms with E-state index in [0.717, 1.165) is 17.0 Å². The molecule has 0 spiro atoms. The first-order chi connectivity index (χ1) is 9.56. The maximum Gasteiger partial charge on any atom is 0.220 e. The molecular weight excluding hydrogens is 276 g/mol. The summed E-state index contributed by atoms with van der Waals surface area (Å²) in [5, 5.41) is 3.48. The molecule has 5 heteroatoms. The van der Waals surface area contributed by atoms with Crippen LogP contribution in [0.1, 0.15) is 29.3 Å². The molecule has 0 aliphatic heterocycles. The Morgan fingerprint density at radius 2 is 2.10 bits per heavy atom. The summed E-state index contributed by atoms with van der Waals surface area (Å²) in [5.41, 5.74) is 1.83. The first-order valence-electron chi connectivity index (χ1n) is 6.49. The van der Waals surface area contributed by atoms with Crippen LogP contribution in [-0.2, 0) is 17.8 Å². The van der Waals surface area contributed by atoms with Gasteiger partial charge in [-0.15, -0.1) is 0 Å². The highest BCUT2D eigenvalue weighted by molar-refractivity contribution is 6.31. The van der Waals surface area contributed by atoms with E-state index in [2.05, 4.69) is 10.3 Å². The largest absolute Gasteiger partial charge is 0.444 e. The second-order valence-corrected chi connectivity index (χ2v) is 5.02. The number of hydrogen-bond donors (Lipinski definition) is 1. The second-order valence-electron chi connectivity index (χ2n) is 4.62. The van der Waals surface area contributed by atoms with E-state index in [9.17, 15) is 4.79 Å². The molecule has 0 saturated heterocycles. The molecule has 0 saturated carbocycles. The number of aromatic nitrogens is 1. The van der Waals surface area contributed by atoms with E-state index in [1.165, 1.54) is 0 Å². The molecule has 4 nitrogen and oxygen atoms in total. The Bertz CT molecular complexity index is 588. The predicted octanol–water partition coefficient (Wildman–Crippen LogP) is 3.19. The van der Waals surface area contributed by atoms with Crippen molar-refractivity contribution in [1.29, 1.82) is 0 Å². The van der Waals surface area contributed by atoms with Crippen LogP contribution in [0, 0.1) is 13.8 Å². The van der Waals surface area contributed by atoms with Gasteiger partial charge in [-0.1, -0.05) is 29.8 Å². The van der Waals surface area contributed by atoms with Gasteiger partial charge in [0.25, 0.3) is 0 Å². The Morgan fingerprint density at radius 3 is 2.75 bits per heavy atom. The van der Waals surface area contributed by atoms with Gasteiger partial charge in [0, 0.05) is 11.4 Å². The van der Waals surface area contributed by atoms with E-state index in [-0.39, 0.29) is 5.91 Å². The van der Waals surface area contributed by atoms with Gasteiger partial charge < -0.3 is 9.73 Å². The van der Waals surface area contributed by atoms with Gasteiger partial charge in [-0.25, -0.2) is 4.98 Å². The lowest BCUT2D eigenvalue weighted by molar-refractivity contribution is -0.121. The summed E-state index contributed by atoms with van der Waals surface area (Å²) in [6, 6.07) is 7.54. The number of benzene rings is 1. The topological polar surface area (TPSA) is 55.1 Å². The van der Waals surface area contributed by atoms with E-state index in [1.54, 1.807) is 0 Å². The van der Waals surface area contributed by atoms with Crippen LogP contribution < -0.4 is 5.32 Å². The van der Waals surface area contributed by atoms with Crippen molar-refractivity contribution in [3.05, 3.63) is 52.2 Å². The van der Waals surface area contributed by atoms with Crippen LogP contribution in [0.25, 0.3) is 0 Å². The maximum absolute atomic E-state index is 11.8. The van der Waals surface area contributed by atoms with Gasteiger partial charge in [0.05, 0.1) is 12.2 Å². The summed E-state index contributed by atoms with van der Waals surface area (Å²) >= 11 is 6.04. The van der Waals surface area contributed by atoms with Gasteiger partial charge in [-0.3, -0.25) is 4.79 Å². The Morgan fingerprint density at radius 1 is 1.35 bits per heavy atom. The van der Waals surface area contributed by atoms with E-state index >= 15 is 0 Å². The summed E-state index contributed by atoms with van der Waals surface area (Å²) in [6.07, 6.45) is 1.01. The first kappa shape index (κ1) is 14.6. The molecule has 20 heavy (non-hydrogen) atoms. The smallest absolute Gasteiger partial charge is 0.220 e. The van der Waals surface area contributed by atoms with Crippen molar-refractivity contribution in [2.75, 3.05) is 0 Å². The average molecular weight is 293 g/mol. The Hall–Kier alpha value is -1.81. The number of carbonyl (C=O) groups excluding carboxylic acids is 1. The molecule has 2 aromatic rings. The molecule has 0 bridgehead atoms. The SMILES string of the molecule is Cc1nc(CNC(=O)CCc2ccccc2Cl)oc1C. The third-order valence-electron chi connectivity index (χ3n) is 3.09. The maximum atomic E-state index is 11.8. The fourth-order valence-corrected chi connectivity index (χ4v) is 2.06. The number of nitrogens with one attached hydrogen (secondary N) is 1. The van der Waals surface area contributed by atoms with Crippen LogP contribution in [0.15, 0.2) is 28.7 Å². The van der Waals surface area contributed by atoms with Crippen LogP contribution in [0.5, 0.6) is 0 Å². The van der Waals surface area contributed by atoms with Crippen molar-refractivity contribution in [2.24, 2.45) is 0 Å². The number of halogens is 1. The Labute approximate surface area is 123 Å². The van der Waals surface area contributed by atoms with Crippen molar-refractivity contribution in [1.82, 2.24) is 10.3 Å². The summed E-state index contributed by atoms with van der Waals surface area (Å²) in [5.74, 6) is 1.27. The minimum atomic E-state index is -0.0431. The third kappa shape index (κ3) is 3.84. The zero-order valence-electron chi connectivity index (χ0n) is 11.6. The van der Waals surface area contributed by atoms with Crippen LogP contribution >= 0.6 is 11.6 Å². The molecule has 1 heterocycles. The number of aryl methyl sites for hydroxylation is 3. The molecule has 1 aromatic carbocycles.